The Balaban J connectivity index is 2.00. The van der Waals surface area contributed by atoms with Gasteiger partial charge in [-0.25, -0.2) is 0 Å². The SMILES string of the molecule is CCC=CCCOCC[C@@H]1CSC[C@@H]1CCCCCCC(=O)O. The van der Waals surface area contributed by atoms with Gasteiger partial charge < -0.3 is 9.84 Å². The van der Waals surface area contributed by atoms with Crippen molar-refractivity contribution in [2.75, 3.05) is 24.7 Å². The Morgan fingerprint density at radius 2 is 1.83 bits per heavy atom. The fourth-order valence-corrected chi connectivity index (χ4v) is 4.71. The van der Waals surface area contributed by atoms with Gasteiger partial charge in [0.2, 0.25) is 0 Å². The summed E-state index contributed by atoms with van der Waals surface area (Å²) in [5, 5.41) is 8.62. The van der Waals surface area contributed by atoms with E-state index in [4.69, 9.17) is 9.84 Å². The van der Waals surface area contributed by atoms with Crippen LogP contribution < -0.4 is 0 Å². The number of unbranched alkanes of at least 4 members (excludes halogenated alkanes) is 3. The molecule has 23 heavy (non-hydrogen) atoms. The molecule has 0 amide bonds. The van der Waals surface area contributed by atoms with Crippen molar-refractivity contribution >= 4 is 17.7 Å². The molecule has 1 saturated heterocycles. The number of rotatable bonds is 14. The summed E-state index contributed by atoms with van der Waals surface area (Å²) in [5.74, 6) is 3.61. The molecule has 2 atom stereocenters. The number of ether oxygens (including phenoxy) is 1. The fraction of sp³-hybridized carbons (Fsp3) is 0.842. The lowest BCUT2D eigenvalue weighted by Gasteiger charge is -2.18. The lowest BCUT2D eigenvalue weighted by atomic mass is 9.88. The number of hydrogen-bond acceptors (Lipinski definition) is 3. The van der Waals surface area contributed by atoms with E-state index in [0.717, 1.165) is 50.7 Å². The van der Waals surface area contributed by atoms with Gasteiger partial charge >= 0.3 is 5.97 Å². The second-order valence-corrected chi connectivity index (χ2v) is 7.55. The molecule has 0 aromatic carbocycles. The Hall–Kier alpha value is -0.480. The van der Waals surface area contributed by atoms with E-state index in [1.54, 1.807) is 0 Å². The minimum Gasteiger partial charge on any atom is -0.481 e. The van der Waals surface area contributed by atoms with Crippen LogP contribution in [0.5, 0.6) is 0 Å². The van der Waals surface area contributed by atoms with Crippen LogP contribution in [-0.4, -0.2) is 35.8 Å². The fourth-order valence-electron chi connectivity index (χ4n) is 3.09. The average Bonchev–Trinajstić information content (AvgIpc) is 2.97. The molecular weight excluding hydrogens is 308 g/mol. The Labute approximate surface area is 146 Å². The van der Waals surface area contributed by atoms with Gasteiger partial charge in [-0.2, -0.15) is 11.8 Å². The molecule has 1 aliphatic rings. The summed E-state index contributed by atoms with van der Waals surface area (Å²) in [6.45, 7) is 3.91. The van der Waals surface area contributed by atoms with E-state index in [2.05, 4.69) is 30.8 Å². The van der Waals surface area contributed by atoms with E-state index >= 15 is 0 Å². The normalized spacial score (nSPS) is 21.3. The van der Waals surface area contributed by atoms with Crippen LogP contribution in [0.25, 0.3) is 0 Å². The number of allylic oxidation sites excluding steroid dienone is 1. The highest BCUT2D eigenvalue weighted by Crippen LogP contribution is 2.35. The number of carboxylic acid groups (broad SMARTS) is 1. The number of hydrogen-bond donors (Lipinski definition) is 1. The molecule has 0 aromatic heterocycles. The maximum absolute atomic E-state index is 10.5. The second kappa shape index (κ2) is 13.9. The highest BCUT2D eigenvalue weighted by atomic mass is 32.2. The van der Waals surface area contributed by atoms with Crippen molar-refractivity contribution in [3.05, 3.63) is 12.2 Å². The largest absolute Gasteiger partial charge is 0.481 e. The van der Waals surface area contributed by atoms with E-state index in [-0.39, 0.29) is 0 Å². The van der Waals surface area contributed by atoms with Crippen molar-refractivity contribution in [2.24, 2.45) is 11.8 Å². The molecular formula is C19H34O3S. The smallest absolute Gasteiger partial charge is 0.303 e. The van der Waals surface area contributed by atoms with Crippen LogP contribution >= 0.6 is 11.8 Å². The molecule has 0 saturated carbocycles. The molecule has 0 radical (unpaired) electrons. The minimum absolute atomic E-state index is 0.326. The van der Waals surface area contributed by atoms with Crippen LogP contribution in [0, 0.1) is 11.8 Å². The summed E-state index contributed by atoms with van der Waals surface area (Å²) in [6.07, 6.45) is 13.7. The van der Waals surface area contributed by atoms with Crippen LogP contribution in [0.3, 0.4) is 0 Å². The molecule has 0 bridgehead atoms. The molecule has 3 nitrogen and oxygen atoms in total. The molecule has 0 aliphatic carbocycles. The summed E-state index contributed by atoms with van der Waals surface area (Å²) < 4.78 is 5.75. The minimum atomic E-state index is -0.664. The third-order valence-corrected chi connectivity index (χ3v) is 5.84. The Morgan fingerprint density at radius 3 is 2.57 bits per heavy atom. The predicted molar refractivity (Wildman–Crippen MR) is 99.1 cm³/mol. The third kappa shape index (κ3) is 10.8. The second-order valence-electron chi connectivity index (χ2n) is 6.47. The van der Waals surface area contributed by atoms with Gasteiger partial charge in [0, 0.05) is 13.0 Å². The van der Waals surface area contributed by atoms with E-state index in [9.17, 15) is 4.79 Å². The van der Waals surface area contributed by atoms with Crippen LogP contribution in [0.2, 0.25) is 0 Å². The van der Waals surface area contributed by atoms with Gasteiger partial charge in [0.15, 0.2) is 0 Å². The third-order valence-electron chi connectivity index (χ3n) is 4.51. The zero-order valence-electron chi connectivity index (χ0n) is 14.7. The first-order valence-corrected chi connectivity index (χ1v) is 10.4. The molecule has 0 aromatic rings. The molecule has 1 aliphatic heterocycles. The first kappa shape index (κ1) is 20.6. The maximum atomic E-state index is 10.5. The van der Waals surface area contributed by atoms with Crippen LogP contribution in [0.1, 0.15) is 64.7 Å². The summed E-state index contributed by atoms with van der Waals surface area (Å²) in [6, 6.07) is 0. The summed E-state index contributed by atoms with van der Waals surface area (Å²) in [5.41, 5.74) is 0. The van der Waals surface area contributed by atoms with Crippen molar-refractivity contribution in [3.8, 4) is 0 Å². The molecule has 0 spiro atoms. The van der Waals surface area contributed by atoms with E-state index < -0.39 is 5.97 Å². The van der Waals surface area contributed by atoms with Gasteiger partial charge in [0.25, 0.3) is 0 Å². The Bertz CT molecular complexity index is 331. The van der Waals surface area contributed by atoms with Crippen LogP contribution in [-0.2, 0) is 9.53 Å². The highest BCUT2D eigenvalue weighted by Gasteiger charge is 2.26. The summed E-state index contributed by atoms with van der Waals surface area (Å²) >= 11 is 2.09. The molecule has 0 unspecified atom stereocenters. The van der Waals surface area contributed by atoms with Gasteiger partial charge in [-0.05, 0) is 55.4 Å². The highest BCUT2D eigenvalue weighted by molar-refractivity contribution is 7.99. The quantitative estimate of drug-likeness (QED) is 0.350. The number of carbonyl (C=O) groups is 1. The van der Waals surface area contributed by atoms with Crippen molar-refractivity contribution < 1.29 is 14.6 Å². The van der Waals surface area contributed by atoms with Gasteiger partial charge in [-0.15, -0.1) is 0 Å². The van der Waals surface area contributed by atoms with Gasteiger partial charge in [0.05, 0.1) is 6.61 Å². The average molecular weight is 343 g/mol. The monoisotopic (exact) mass is 342 g/mol. The van der Waals surface area contributed by atoms with Gasteiger partial charge in [-0.1, -0.05) is 38.3 Å². The maximum Gasteiger partial charge on any atom is 0.303 e. The van der Waals surface area contributed by atoms with Crippen molar-refractivity contribution in [1.29, 1.82) is 0 Å². The predicted octanol–water partition coefficient (Wildman–Crippen LogP) is 5.15. The molecule has 1 N–H and O–H groups in total. The standard InChI is InChI=1S/C19H34O3S/c1-2-3-4-9-13-22-14-12-18-16-23-15-17(18)10-7-5-6-8-11-19(20)21/h3-4,17-18H,2,5-16H2,1H3,(H,20,21)/t17-,18+/m0/s1. The van der Waals surface area contributed by atoms with Crippen molar-refractivity contribution in [1.82, 2.24) is 0 Å². The first-order chi connectivity index (χ1) is 11.2. The van der Waals surface area contributed by atoms with Crippen molar-refractivity contribution in [2.45, 2.75) is 64.7 Å². The summed E-state index contributed by atoms with van der Waals surface area (Å²) in [7, 11) is 0. The first-order valence-electron chi connectivity index (χ1n) is 9.26. The van der Waals surface area contributed by atoms with E-state index in [1.807, 2.05) is 0 Å². The van der Waals surface area contributed by atoms with E-state index in [1.165, 1.54) is 37.2 Å². The van der Waals surface area contributed by atoms with E-state index in [0.29, 0.717) is 6.42 Å². The molecule has 4 heteroatoms. The van der Waals surface area contributed by atoms with Crippen LogP contribution in [0.4, 0.5) is 0 Å². The Morgan fingerprint density at radius 1 is 1.09 bits per heavy atom. The summed E-state index contributed by atoms with van der Waals surface area (Å²) in [4.78, 5) is 10.5. The zero-order valence-corrected chi connectivity index (χ0v) is 15.5. The lowest BCUT2D eigenvalue weighted by molar-refractivity contribution is -0.137. The van der Waals surface area contributed by atoms with Gasteiger partial charge in [-0.3, -0.25) is 4.79 Å². The molecule has 1 fully saturated rings. The number of aliphatic carboxylic acids is 1. The number of carboxylic acids is 1. The molecule has 134 valence electrons. The van der Waals surface area contributed by atoms with Gasteiger partial charge in [0.1, 0.15) is 0 Å². The topological polar surface area (TPSA) is 46.5 Å². The molecule has 1 rings (SSSR count). The Kier molecular flexibility index (Phi) is 12.4. The van der Waals surface area contributed by atoms with Crippen molar-refractivity contribution in [3.63, 3.8) is 0 Å². The lowest BCUT2D eigenvalue weighted by Crippen LogP contribution is -2.15. The van der Waals surface area contributed by atoms with Crippen LogP contribution in [0.15, 0.2) is 12.2 Å². The molecule has 1 heterocycles. The zero-order chi connectivity index (χ0) is 16.8. The number of thioether (sulfide) groups is 1.